The number of hydrogen-bond donors (Lipinski definition) is 1. The number of aryl methyl sites for hydroxylation is 1. The van der Waals surface area contributed by atoms with Crippen LogP contribution in [0.25, 0.3) is 11.3 Å². The number of alkyl halides is 12. The number of amides is 1. The molecule has 2 atom stereocenters. The number of nitrogens with one attached hydrogen (secondary N) is 1. The van der Waals surface area contributed by atoms with Crippen LogP contribution in [0.3, 0.4) is 0 Å². The third-order valence-electron chi connectivity index (χ3n) is 7.10. The molecule has 2 aromatic carbocycles. The Morgan fingerprint density at radius 3 is 1.87 bits per heavy atom. The van der Waals surface area contributed by atoms with E-state index in [1.165, 1.54) is 17.4 Å². The van der Waals surface area contributed by atoms with Crippen LogP contribution in [0.5, 0.6) is 0 Å². The van der Waals surface area contributed by atoms with E-state index in [4.69, 9.17) is 0 Å². The summed E-state index contributed by atoms with van der Waals surface area (Å²) in [7, 11) is 1.07. The molecule has 1 amide bonds. The van der Waals surface area contributed by atoms with Gasteiger partial charge in [0.05, 0.1) is 22.4 Å². The van der Waals surface area contributed by atoms with Crippen molar-refractivity contribution >= 4 is 11.9 Å². The fourth-order valence-corrected chi connectivity index (χ4v) is 4.81. The number of carbonyl (C=O) groups excluding carboxylic acids is 1. The van der Waals surface area contributed by atoms with E-state index in [0.717, 1.165) is 18.1 Å². The van der Waals surface area contributed by atoms with Crippen LogP contribution in [-0.2, 0) is 18.9 Å². The summed E-state index contributed by atoms with van der Waals surface area (Å²) in [5.74, 6) is -1.58. The summed E-state index contributed by atoms with van der Waals surface area (Å²) in [5.41, 5.74) is -3.63. The topological polar surface area (TPSA) is 61.4 Å². The van der Waals surface area contributed by atoms with E-state index >= 15 is 0 Å². The Morgan fingerprint density at radius 1 is 0.870 bits per heavy atom. The van der Waals surface area contributed by atoms with Gasteiger partial charge in [-0.05, 0) is 36.2 Å². The fourth-order valence-electron chi connectivity index (χ4n) is 4.81. The lowest BCUT2D eigenvalue weighted by molar-refractivity contribution is -0.190. The Morgan fingerprint density at radius 2 is 1.39 bits per heavy atom. The van der Waals surface area contributed by atoms with Crippen LogP contribution in [0, 0.1) is 6.92 Å². The SMILES string of the molecule is Cc1ccccc1-c1nc(N2C[C@@H](C(F)(F)F)N[C@@H](C(F)(F)F)C2)ncc1C(=O)N(C)Cc1cc(C(F)(F)F)cc(C(F)(F)F)c1. The maximum absolute atomic E-state index is 13.6. The fraction of sp³-hybridized carbons (Fsp3) is 0.393. The Balaban J connectivity index is 1.75. The predicted octanol–water partition coefficient (Wildman–Crippen LogP) is 7.03. The van der Waals surface area contributed by atoms with Crippen LogP contribution >= 0.6 is 0 Å². The molecule has 4 rings (SSSR count). The number of aromatic nitrogens is 2. The van der Waals surface area contributed by atoms with Gasteiger partial charge < -0.3 is 9.80 Å². The lowest BCUT2D eigenvalue weighted by atomic mass is 10.0. The molecule has 1 fully saturated rings. The Bertz CT molecular complexity index is 1530. The van der Waals surface area contributed by atoms with Gasteiger partial charge in [0.2, 0.25) is 5.95 Å². The number of hydrogen-bond acceptors (Lipinski definition) is 5. The van der Waals surface area contributed by atoms with Crippen LogP contribution in [0.15, 0.2) is 48.7 Å². The maximum atomic E-state index is 13.6. The molecule has 0 radical (unpaired) electrons. The summed E-state index contributed by atoms with van der Waals surface area (Å²) >= 11 is 0. The van der Waals surface area contributed by atoms with E-state index in [0.29, 0.717) is 22.6 Å². The summed E-state index contributed by atoms with van der Waals surface area (Å²) in [4.78, 5) is 23.0. The molecule has 1 aliphatic heterocycles. The number of nitrogens with zero attached hydrogens (tertiary/aromatic N) is 4. The van der Waals surface area contributed by atoms with E-state index in [9.17, 15) is 57.5 Å². The van der Waals surface area contributed by atoms with E-state index in [1.807, 2.05) is 0 Å². The quantitative estimate of drug-likeness (QED) is 0.295. The largest absolute Gasteiger partial charge is 0.416 e. The van der Waals surface area contributed by atoms with Gasteiger partial charge in [0.15, 0.2) is 0 Å². The molecule has 18 heteroatoms. The standard InChI is InChI=1S/C28H23F12N5O/c1-14-5-3-4-6-18(14)22-19(10-41-24(43-22)45-12-20(27(35,36)37)42-21(13-45)28(38,39)40)23(46)44(2)11-15-7-16(25(29,30)31)9-17(8-15)26(32,33)34/h3-10,20-21,42H,11-13H2,1-2H3/t20-,21+. The second kappa shape index (κ2) is 12.3. The number of rotatable bonds is 5. The zero-order valence-corrected chi connectivity index (χ0v) is 23.6. The average molecular weight is 674 g/mol. The van der Waals surface area contributed by atoms with Crippen molar-refractivity contribution in [3.05, 3.63) is 76.5 Å². The minimum absolute atomic E-state index is 0.0724. The van der Waals surface area contributed by atoms with Crippen molar-refractivity contribution in [2.24, 2.45) is 0 Å². The second-order valence-corrected chi connectivity index (χ2v) is 10.6. The molecule has 0 spiro atoms. The predicted molar refractivity (Wildman–Crippen MR) is 139 cm³/mol. The normalized spacial score (nSPS) is 18.1. The third-order valence-corrected chi connectivity index (χ3v) is 7.10. The van der Waals surface area contributed by atoms with Gasteiger partial charge in [-0.15, -0.1) is 0 Å². The Labute approximate surface area is 253 Å². The summed E-state index contributed by atoms with van der Waals surface area (Å²) in [6.07, 6.45) is -19.6. The van der Waals surface area contributed by atoms with Gasteiger partial charge >= 0.3 is 24.7 Å². The summed E-state index contributed by atoms with van der Waals surface area (Å²) < 4.78 is 161. The molecule has 2 heterocycles. The molecular formula is C28H23F12N5O. The lowest BCUT2D eigenvalue weighted by Crippen LogP contribution is -2.65. The second-order valence-electron chi connectivity index (χ2n) is 10.6. The van der Waals surface area contributed by atoms with Gasteiger partial charge in [0.1, 0.15) is 12.1 Å². The van der Waals surface area contributed by atoms with Crippen molar-refractivity contribution in [2.45, 2.75) is 50.3 Å². The molecule has 250 valence electrons. The zero-order valence-electron chi connectivity index (χ0n) is 23.6. The minimum Gasteiger partial charge on any atom is -0.337 e. The molecule has 0 saturated carbocycles. The first-order valence-electron chi connectivity index (χ1n) is 13.2. The summed E-state index contributed by atoms with van der Waals surface area (Å²) in [6, 6.07) is 1.72. The van der Waals surface area contributed by atoms with Gasteiger partial charge in [-0.3, -0.25) is 10.1 Å². The van der Waals surface area contributed by atoms with Gasteiger partial charge in [0, 0.05) is 38.4 Å². The zero-order chi connectivity index (χ0) is 34.4. The third kappa shape index (κ3) is 7.82. The van der Waals surface area contributed by atoms with E-state index in [-0.39, 0.29) is 22.9 Å². The van der Waals surface area contributed by atoms with Crippen LogP contribution in [0.1, 0.15) is 32.6 Å². The minimum atomic E-state index is -5.14. The monoisotopic (exact) mass is 673 g/mol. The van der Waals surface area contributed by atoms with Crippen LogP contribution < -0.4 is 10.2 Å². The van der Waals surface area contributed by atoms with Gasteiger partial charge in [-0.1, -0.05) is 24.3 Å². The van der Waals surface area contributed by atoms with Gasteiger partial charge in [-0.2, -0.15) is 52.7 Å². The molecular weight excluding hydrogens is 650 g/mol. The number of benzene rings is 2. The van der Waals surface area contributed by atoms with Crippen LogP contribution in [0.4, 0.5) is 58.6 Å². The first-order chi connectivity index (χ1) is 21.1. The van der Waals surface area contributed by atoms with E-state index < -0.39 is 85.0 Å². The molecule has 0 aliphatic carbocycles. The average Bonchev–Trinajstić information content (AvgIpc) is 2.94. The van der Waals surface area contributed by atoms with Crippen molar-refractivity contribution in [3.8, 4) is 11.3 Å². The van der Waals surface area contributed by atoms with Crippen molar-refractivity contribution < 1.29 is 57.5 Å². The molecule has 6 nitrogen and oxygen atoms in total. The molecule has 0 bridgehead atoms. The molecule has 46 heavy (non-hydrogen) atoms. The van der Waals surface area contributed by atoms with Crippen molar-refractivity contribution in [1.82, 2.24) is 20.2 Å². The first-order valence-corrected chi connectivity index (χ1v) is 13.2. The molecule has 3 aromatic rings. The van der Waals surface area contributed by atoms with E-state index in [2.05, 4.69) is 9.97 Å². The highest BCUT2D eigenvalue weighted by Gasteiger charge is 2.52. The number of halogens is 12. The van der Waals surface area contributed by atoms with Gasteiger partial charge in [0.25, 0.3) is 5.91 Å². The Kier molecular flexibility index (Phi) is 9.27. The van der Waals surface area contributed by atoms with Crippen molar-refractivity contribution in [2.75, 3.05) is 25.0 Å². The van der Waals surface area contributed by atoms with Crippen molar-refractivity contribution in [1.29, 1.82) is 0 Å². The highest BCUT2D eigenvalue weighted by Crippen LogP contribution is 2.37. The van der Waals surface area contributed by atoms with Gasteiger partial charge in [-0.25, -0.2) is 9.97 Å². The molecule has 0 unspecified atom stereocenters. The number of anilines is 1. The van der Waals surface area contributed by atoms with Crippen LogP contribution in [-0.4, -0.2) is 65.3 Å². The first kappa shape index (κ1) is 34.8. The number of carbonyl (C=O) groups is 1. The van der Waals surface area contributed by atoms with Crippen molar-refractivity contribution in [3.63, 3.8) is 0 Å². The number of piperazine rings is 1. The lowest BCUT2D eigenvalue weighted by Gasteiger charge is -2.40. The molecule has 1 N–H and O–H groups in total. The summed E-state index contributed by atoms with van der Waals surface area (Å²) in [6.45, 7) is -1.19. The van der Waals surface area contributed by atoms with Crippen LogP contribution in [0.2, 0.25) is 0 Å². The molecule has 1 aromatic heterocycles. The highest BCUT2D eigenvalue weighted by molar-refractivity contribution is 6.00. The smallest absolute Gasteiger partial charge is 0.337 e. The highest BCUT2D eigenvalue weighted by atomic mass is 19.4. The Hall–Kier alpha value is -4.09. The maximum Gasteiger partial charge on any atom is 0.416 e. The molecule has 1 saturated heterocycles. The summed E-state index contributed by atoms with van der Waals surface area (Å²) in [5, 5.41) is 1.53. The van der Waals surface area contributed by atoms with E-state index in [1.54, 1.807) is 19.1 Å². The molecule has 1 aliphatic rings.